The second-order valence-corrected chi connectivity index (χ2v) is 6.09. The topological polar surface area (TPSA) is 38.1 Å². The van der Waals surface area contributed by atoms with Crippen LogP contribution in [-0.4, -0.2) is 27.6 Å². The minimum Gasteiger partial charge on any atom is -0.341 e. The number of amides is 1. The molecule has 0 radical (unpaired) electrons. The third kappa shape index (κ3) is 3.89. The lowest BCUT2D eigenvalue weighted by atomic mass is 10.1. The minimum absolute atomic E-state index is 0.127. The highest BCUT2D eigenvalue weighted by Crippen LogP contribution is 2.16. The van der Waals surface area contributed by atoms with Crippen LogP contribution in [0.15, 0.2) is 24.3 Å². The van der Waals surface area contributed by atoms with Gasteiger partial charge in [-0.2, -0.15) is 5.10 Å². The van der Waals surface area contributed by atoms with E-state index in [1.54, 1.807) is 4.90 Å². The van der Waals surface area contributed by atoms with Crippen molar-refractivity contribution in [3.8, 4) is 0 Å². The monoisotopic (exact) mass is 319 g/mol. The number of aryl methyl sites for hydroxylation is 2. The summed E-state index contributed by atoms with van der Waals surface area (Å²) in [5.74, 6) is 0.127. The van der Waals surface area contributed by atoms with Gasteiger partial charge in [-0.05, 0) is 43.5 Å². The molecule has 0 aliphatic rings. The number of benzene rings is 1. The maximum atomic E-state index is 12.3. The molecule has 0 N–H and O–H groups in total. The summed E-state index contributed by atoms with van der Waals surface area (Å²) >= 11 is 5.97. The molecule has 0 aliphatic carbocycles. The number of aromatic nitrogens is 2. The van der Waals surface area contributed by atoms with E-state index in [0.29, 0.717) is 18.0 Å². The molecule has 0 bridgehead atoms. The van der Waals surface area contributed by atoms with Crippen LogP contribution >= 0.6 is 11.6 Å². The lowest BCUT2D eigenvalue weighted by molar-refractivity contribution is -0.130. The number of halogens is 1. The Morgan fingerprint density at radius 2 is 2.09 bits per heavy atom. The molecule has 0 saturated carbocycles. The van der Waals surface area contributed by atoms with Gasteiger partial charge >= 0.3 is 0 Å². The Bertz CT molecular complexity index is 679. The molecule has 0 unspecified atom stereocenters. The molecule has 2 rings (SSSR count). The lowest BCUT2D eigenvalue weighted by Gasteiger charge is -2.17. The Labute approximate surface area is 136 Å². The van der Waals surface area contributed by atoms with Crippen molar-refractivity contribution in [2.45, 2.75) is 33.2 Å². The van der Waals surface area contributed by atoms with Crippen LogP contribution in [0.5, 0.6) is 0 Å². The molecule has 22 heavy (non-hydrogen) atoms. The summed E-state index contributed by atoms with van der Waals surface area (Å²) in [6.45, 7) is 4.60. The summed E-state index contributed by atoms with van der Waals surface area (Å²) in [6, 6.07) is 7.60. The average Bonchev–Trinajstić information content (AvgIpc) is 2.70. The van der Waals surface area contributed by atoms with Crippen LogP contribution in [-0.2, 0) is 24.8 Å². The van der Waals surface area contributed by atoms with Gasteiger partial charge in [0.05, 0.1) is 5.69 Å². The summed E-state index contributed by atoms with van der Waals surface area (Å²) in [4.78, 5) is 14.0. The molecule has 5 heteroatoms. The number of hydrogen-bond donors (Lipinski definition) is 0. The van der Waals surface area contributed by atoms with Crippen LogP contribution in [0, 0.1) is 13.8 Å². The molecule has 1 aromatic carbocycles. The summed E-state index contributed by atoms with van der Waals surface area (Å²) in [5.41, 5.74) is 4.34. The number of rotatable bonds is 5. The predicted octanol–water partition coefficient (Wildman–Crippen LogP) is 3.28. The van der Waals surface area contributed by atoms with Gasteiger partial charge in [-0.25, -0.2) is 0 Å². The lowest BCUT2D eigenvalue weighted by Crippen LogP contribution is -2.26. The molecule has 0 aliphatic heterocycles. The van der Waals surface area contributed by atoms with E-state index in [9.17, 15) is 4.79 Å². The van der Waals surface area contributed by atoms with Crippen LogP contribution in [0.25, 0.3) is 0 Å². The minimum atomic E-state index is 0.127. The molecular formula is C17H22ClN3O. The zero-order chi connectivity index (χ0) is 16.3. The van der Waals surface area contributed by atoms with Gasteiger partial charge in [-0.3, -0.25) is 9.48 Å². The first-order valence-electron chi connectivity index (χ1n) is 7.36. The van der Waals surface area contributed by atoms with Crippen LogP contribution in [0.2, 0.25) is 5.02 Å². The summed E-state index contributed by atoms with van der Waals surface area (Å²) in [7, 11) is 3.76. The Hall–Kier alpha value is -1.81. The van der Waals surface area contributed by atoms with Gasteiger partial charge < -0.3 is 4.90 Å². The molecule has 2 aromatic rings. The van der Waals surface area contributed by atoms with Crippen LogP contribution in [0.4, 0.5) is 0 Å². The first-order valence-corrected chi connectivity index (χ1v) is 7.73. The number of carbonyl (C=O) groups is 1. The molecular weight excluding hydrogens is 298 g/mol. The summed E-state index contributed by atoms with van der Waals surface area (Å²) < 4.78 is 1.87. The number of carbonyl (C=O) groups excluding carboxylic acids is 1. The summed E-state index contributed by atoms with van der Waals surface area (Å²) in [6.07, 6.45) is 1.22. The predicted molar refractivity (Wildman–Crippen MR) is 88.9 cm³/mol. The van der Waals surface area contributed by atoms with Crippen molar-refractivity contribution in [3.05, 3.63) is 51.8 Å². The first kappa shape index (κ1) is 16.6. The molecule has 1 heterocycles. The quantitative estimate of drug-likeness (QED) is 0.848. The fourth-order valence-electron chi connectivity index (χ4n) is 2.60. The zero-order valence-corrected chi connectivity index (χ0v) is 14.3. The van der Waals surface area contributed by atoms with Crippen LogP contribution < -0.4 is 0 Å². The van der Waals surface area contributed by atoms with E-state index in [4.69, 9.17) is 11.6 Å². The largest absolute Gasteiger partial charge is 0.341 e. The molecule has 4 nitrogen and oxygen atoms in total. The fraction of sp³-hybridized carbons (Fsp3) is 0.412. The fourth-order valence-corrected chi connectivity index (χ4v) is 2.81. The molecule has 0 saturated heterocycles. The third-order valence-corrected chi connectivity index (χ3v) is 4.22. The van der Waals surface area contributed by atoms with Gasteiger partial charge in [0.15, 0.2) is 0 Å². The zero-order valence-electron chi connectivity index (χ0n) is 13.6. The van der Waals surface area contributed by atoms with E-state index < -0.39 is 0 Å². The molecule has 0 spiro atoms. The van der Waals surface area contributed by atoms with Crippen molar-refractivity contribution >= 4 is 17.5 Å². The van der Waals surface area contributed by atoms with Crippen molar-refractivity contribution in [1.29, 1.82) is 0 Å². The Balaban J connectivity index is 1.94. The van der Waals surface area contributed by atoms with Gasteiger partial charge in [0.25, 0.3) is 0 Å². The van der Waals surface area contributed by atoms with E-state index in [0.717, 1.165) is 23.4 Å². The second-order valence-electron chi connectivity index (χ2n) is 5.65. The van der Waals surface area contributed by atoms with E-state index in [2.05, 4.69) is 5.10 Å². The smallest absolute Gasteiger partial charge is 0.222 e. The van der Waals surface area contributed by atoms with Gasteiger partial charge in [0, 0.05) is 37.8 Å². The summed E-state index contributed by atoms with van der Waals surface area (Å²) in [5, 5.41) is 5.08. The molecule has 118 valence electrons. The van der Waals surface area contributed by atoms with E-state index in [1.165, 1.54) is 5.56 Å². The molecule has 0 fully saturated rings. The Kier molecular flexibility index (Phi) is 5.24. The van der Waals surface area contributed by atoms with Crippen molar-refractivity contribution in [2.24, 2.45) is 7.05 Å². The van der Waals surface area contributed by atoms with Crippen molar-refractivity contribution in [2.75, 3.05) is 7.05 Å². The Morgan fingerprint density at radius 3 is 2.68 bits per heavy atom. The highest BCUT2D eigenvalue weighted by atomic mass is 35.5. The van der Waals surface area contributed by atoms with Gasteiger partial charge in [0.2, 0.25) is 5.91 Å². The van der Waals surface area contributed by atoms with Gasteiger partial charge in [-0.1, -0.05) is 23.7 Å². The maximum Gasteiger partial charge on any atom is 0.222 e. The van der Waals surface area contributed by atoms with Crippen LogP contribution in [0.3, 0.4) is 0 Å². The SMILES string of the molecule is Cc1nn(C)c(C)c1CCC(=O)N(C)Cc1cccc(Cl)c1. The molecule has 0 atom stereocenters. The van der Waals surface area contributed by atoms with E-state index >= 15 is 0 Å². The van der Waals surface area contributed by atoms with Crippen molar-refractivity contribution in [1.82, 2.24) is 14.7 Å². The van der Waals surface area contributed by atoms with Crippen LogP contribution in [0.1, 0.15) is 28.9 Å². The highest BCUT2D eigenvalue weighted by Gasteiger charge is 2.14. The normalized spacial score (nSPS) is 10.8. The van der Waals surface area contributed by atoms with Gasteiger partial charge in [0.1, 0.15) is 0 Å². The van der Waals surface area contributed by atoms with Gasteiger partial charge in [-0.15, -0.1) is 0 Å². The molecule has 1 aromatic heterocycles. The van der Waals surface area contributed by atoms with E-state index in [1.807, 2.05) is 56.9 Å². The maximum absolute atomic E-state index is 12.3. The first-order chi connectivity index (χ1) is 10.4. The number of hydrogen-bond acceptors (Lipinski definition) is 2. The van der Waals surface area contributed by atoms with E-state index in [-0.39, 0.29) is 5.91 Å². The average molecular weight is 320 g/mol. The standard InChI is InChI=1S/C17H22ClN3O/c1-12-16(13(2)21(4)19-12)8-9-17(22)20(3)11-14-6-5-7-15(18)10-14/h5-7,10H,8-9,11H2,1-4H3. The molecule has 1 amide bonds. The third-order valence-electron chi connectivity index (χ3n) is 3.98. The highest BCUT2D eigenvalue weighted by molar-refractivity contribution is 6.30. The number of nitrogens with zero attached hydrogens (tertiary/aromatic N) is 3. The second kappa shape index (κ2) is 6.97. The van der Waals surface area contributed by atoms with Crippen molar-refractivity contribution in [3.63, 3.8) is 0 Å². The Morgan fingerprint density at radius 1 is 1.36 bits per heavy atom. The van der Waals surface area contributed by atoms with Crippen molar-refractivity contribution < 1.29 is 4.79 Å².